The van der Waals surface area contributed by atoms with E-state index < -0.39 is 0 Å². The number of hydrogen-bond donors (Lipinski definition) is 1. The van der Waals surface area contributed by atoms with E-state index in [9.17, 15) is 0 Å². The molecule has 2 nitrogen and oxygen atoms in total. The van der Waals surface area contributed by atoms with Gasteiger partial charge in [-0.3, -0.25) is 0 Å². The Morgan fingerprint density at radius 3 is 1.87 bits per heavy atom. The SMILES string of the molecule is Brc1ccc(Cc2nc(Cc3ccccc3)[nH]c2Cc2ccc(Br)cc2Br)c(Br)c1. The molecule has 1 N–H and O–H groups in total. The zero-order chi connectivity index (χ0) is 21.1. The Labute approximate surface area is 210 Å². The van der Waals surface area contributed by atoms with Crippen LogP contribution in [0, 0.1) is 0 Å². The largest absolute Gasteiger partial charge is 0.345 e. The Kier molecular flexibility index (Phi) is 7.29. The zero-order valence-corrected chi connectivity index (χ0v) is 22.3. The highest BCUT2D eigenvalue weighted by atomic mass is 79.9. The molecule has 0 fully saturated rings. The first-order valence-electron chi connectivity index (χ1n) is 9.46. The van der Waals surface area contributed by atoms with Crippen molar-refractivity contribution in [1.82, 2.24) is 9.97 Å². The van der Waals surface area contributed by atoms with Gasteiger partial charge in [0, 0.05) is 42.8 Å². The van der Waals surface area contributed by atoms with E-state index in [0.29, 0.717) is 0 Å². The van der Waals surface area contributed by atoms with Crippen molar-refractivity contribution in [2.24, 2.45) is 0 Å². The van der Waals surface area contributed by atoms with Gasteiger partial charge in [-0.25, -0.2) is 4.98 Å². The normalized spacial score (nSPS) is 11.1. The molecule has 0 unspecified atom stereocenters. The lowest BCUT2D eigenvalue weighted by Crippen LogP contribution is -1.98. The Balaban J connectivity index is 1.68. The minimum absolute atomic E-state index is 0.767. The number of aromatic amines is 1. The lowest BCUT2D eigenvalue weighted by atomic mass is 10.0. The van der Waals surface area contributed by atoms with Gasteiger partial charge < -0.3 is 4.98 Å². The molecule has 1 heterocycles. The van der Waals surface area contributed by atoms with Crippen LogP contribution in [0.4, 0.5) is 0 Å². The topological polar surface area (TPSA) is 28.7 Å². The van der Waals surface area contributed by atoms with Crippen LogP contribution in [0.1, 0.15) is 33.9 Å². The first kappa shape index (κ1) is 22.0. The molecular weight excluding hydrogens is 636 g/mol. The molecule has 0 bridgehead atoms. The van der Waals surface area contributed by atoms with E-state index in [0.717, 1.165) is 54.4 Å². The van der Waals surface area contributed by atoms with Crippen molar-refractivity contribution in [2.45, 2.75) is 19.3 Å². The van der Waals surface area contributed by atoms with Gasteiger partial charge in [0.2, 0.25) is 0 Å². The summed E-state index contributed by atoms with van der Waals surface area (Å²) in [5.74, 6) is 0.993. The maximum absolute atomic E-state index is 5.00. The first-order valence-corrected chi connectivity index (χ1v) is 12.6. The predicted octanol–water partition coefficient (Wildman–Crippen LogP) is 8.23. The fourth-order valence-corrected chi connectivity index (χ4v) is 5.75. The van der Waals surface area contributed by atoms with Crippen LogP contribution in [-0.4, -0.2) is 9.97 Å². The third kappa shape index (κ3) is 5.52. The smallest absolute Gasteiger partial charge is 0.111 e. The minimum atomic E-state index is 0.767. The van der Waals surface area contributed by atoms with E-state index in [1.54, 1.807) is 0 Å². The molecule has 0 saturated carbocycles. The summed E-state index contributed by atoms with van der Waals surface area (Å²) in [6.45, 7) is 0. The van der Waals surface area contributed by atoms with Crippen molar-refractivity contribution >= 4 is 63.7 Å². The van der Waals surface area contributed by atoms with Crippen LogP contribution in [-0.2, 0) is 19.3 Å². The van der Waals surface area contributed by atoms with E-state index >= 15 is 0 Å². The summed E-state index contributed by atoms with van der Waals surface area (Å²) in [5, 5.41) is 0. The Morgan fingerprint density at radius 1 is 0.667 bits per heavy atom. The molecule has 30 heavy (non-hydrogen) atoms. The van der Waals surface area contributed by atoms with Crippen molar-refractivity contribution in [3.05, 3.63) is 119 Å². The summed E-state index contributed by atoms with van der Waals surface area (Å²) in [4.78, 5) is 8.60. The van der Waals surface area contributed by atoms with Crippen molar-refractivity contribution in [1.29, 1.82) is 0 Å². The summed E-state index contributed by atoms with van der Waals surface area (Å²) in [6, 6.07) is 23.0. The van der Waals surface area contributed by atoms with Gasteiger partial charge in [0.15, 0.2) is 0 Å². The maximum Gasteiger partial charge on any atom is 0.111 e. The van der Waals surface area contributed by atoms with E-state index in [-0.39, 0.29) is 0 Å². The second kappa shape index (κ2) is 9.94. The molecule has 0 amide bonds. The molecular formula is C24H18Br4N2. The summed E-state index contributed by atoms with van der Waals surface area (Å²) < 4.78 is 4.29. The van der Waals surface area contributed by atoms with E-state index in [1.165, 1.54) is 16.7 Å². The number of imidazole rings is 1. The van der Waals surface area contributed by atoms with Crippen LogP contribution in [0.3, 0.4) is 0 Å². The quantitative estimate of drug-likeness (QED) is 0.223. The van der Waals surface area contributed by atoms with Crippen LogP contribution in [0.15, 0.2) is 84.6 Å². The molecule has 0 saturated heterocycles. The number of nitrogens with one attached hydrogen (secondary N) is 1. The molecule has 0 aliphatic rings. The lowest BCUT2D eigenvalue weighted by Gasteiger charge is -2.08. The number of benzene rings is 3. The third-order valence-corrected chi connectivity index (χ3v) is 7.35. The number of H-pyrrole nitrogens is 1. The minimum Gasteiger partial charge on any atom is -0.345 e. The van der Waals surface area contributed by atoms with Crippen LogP contribution in [0.5, 0.6) is 0 Å². The molecule has 1 aromatic heterocycles. The molecule has 4 aromatic rings. The van der Waals surface area contributed by atoms with Gasteiger partial charge in [0.1, 0.15) is 5.82 Å². The molecule has 152 valence electrons. The Hall–Kier alpha value is -1.21. The second-order valence-corrected chi connectivity index (χ2v) is 10.6. The molecule has 0 aliphatic heterocycles. The highest BCUT2D eigenvalue weighted by Gasteiger charge is 2.15. The molecule has 3 aromatic carbocycles. The van der Waals surface area contributed by atoms with Gasteiger partial charge in [-0.05, 0) is 41.0 Å². The van der Waals surface area contributed by atoms with Gasteiger partial charge >= 0.3 is 0 Å². The fraction of sp³-hybridized carbons (Fsp3) is 0.125. The number of rotatable bonds is 6. The highest BCUT2D eigenvalue weighted by molar-refractivity contribution is 9.11. The standard InChI is InChI=1S/C24H18Br4N2/c25-18-8-6-16(20(27)13-18)11-22-23(12-17-7-9-19(26)14-21(17)28)30-24(29-22)10-15-4-2-1-3-5-15/h1-9,13-14H,10-12H2,(H,29,30). The van der Waals surface area contributed by atoms with Gasteiger partial charge in [-0.2, -0.15) is 0 Å². The number of hydrogen-bond acceptors (Lipinski definition) is 1. The van der Waals surface area contributed by atoms with Crippen LogP contribution >= 0.6 is 63.7 Å². The van der Waals surface area contributed by atoms with Gasteiger partial charge in [0.25, 0.3) is 0 Å². The molecule has 0 atom stereocenters. The summed E-state index contributed by atoms with van der Waals surface area (Å²) in [5.41, 5.74) is 5.92. The van der Waals surface area contributed by atoms with Crippen molar-refractivity contribution in [3.63, 3.8) is 0 Å². The summed E-state index contributed by atoms with van der Waals surface area (Å²) in [7, 11) is 0. The van der Waals surface area contributed by atoms with Crippen LogP contribution in [0.25, 0.3) is 0 Å². The van der Waals surface area contributed by atoms with Crippen molar-refractivity contribution < 1.29 is 0 Å². The highest BCUT2D eigenvalue weighted by Crippen LogP contribution is 2.28. The Morgan fingerprint density at radius 2 is 1.27 bits per heavy atom. The first-order chi connectivity index (χ1) is 14.5. The van der Waals surface area contributed by atoms with E-state index in [2.05, 4.69) is 129 Å². The summed E-state index contributed by atoms with van der Waals surface area (Å²) in [6.07, 6.45) is 2.35. The monoisotopic (exact) mass is 650 g/mol. The summed E-state index contributed by atoms with van der Waals surface area (Å²) >= 11 is 14.5. The molecule has 0 spiro atoms. The van der Waals surface area contributed by atoms with Gasteiger partial charge in [0.05, 0.1) is 5.69 Å². The average molecular weight is 654 g/mol. The zero-order valence-electron chi connectivity index (χ0n) is 15.9. The van der Waals surface area contributed by atoms with Gasteiger partial charge in [-0.15, -0.1) is 0 Å². The van der Waals surface area contributed by atoms with E-state index in [1.807, 2.05) is 6.07 Å². The predicted molar refractivity (Wildman–Crippen MR) is 137 cm³/mol. The Bertz CT molecular complexity index is 1100. The van der Waals surface area contributed by atoms with Crippen molar-refractivity contribution in [2.75, 3.05) is 0 Å². The van der Waals surface area contributed by atoms with Gasteiger partial charge in [-0.1, -0.05) is 106 Å². The average Bonchev–Trinajstić information content (AvgIpc) is 3.08. The third-order valence-electron chi connectivity index (χ3n) is 4.88. The number of nitrogens with zero attached hydrogens (tertiary/aromatic N) is 1. The van der Waals surface area contributed by atoms with Crippen LogP contribution < -0.4 is 0 Å². The number of halogens is 4. The molecule has 6 heteroatoms. The van der Waals surface area contributed by atoms with Crippen LogP contribution in [0.2, 0.25) is 0 Å². The van der Waals surface area contributed by atoms with E-state index in [4.69, 9.17) is 4.98 Å². The van der Waals surface area contributed by atoms with Crippen molar-refractivity contribution in [3.8, 4) is 0 Å². The lowest BCUT2D eigenvalue weighted by molar-refractivity contribution is 0.996. The molecule has 0 aliphatic carbocycles. The molecule has 0 radical (unpaired) electrons. The maximum atomic E-state index is 5.00. The number of aromatic nitrogens is 2. The fourth-order valence-electron chi connectivity index (χ4n) is 3.37. The second-order valence-electron chi connectivity index (χ2n) is 7.10. The molecule has 4 rings (SSSR count).